The molecule has 2 rings (SSSR count). The molecular weight excluding hydrogens is 420 g/mol. The summed E-state index contributed by atoms with van der Waals surface area (Å²) in [6.45, 7) is 0.0530. The third-order valence-corrected chi connectivity index (χ3v) is 4.57. The summed E-state index contributed by atoms with van der Waals surface area (Å²) < 4.78 is -1.60. The zero-order valence-corrected chi connectivity index (χ0v) is 16.4. The Morgan fingerprint density at radius 3 is 1.92 bits per heavy atom. The number of carboxylic acid groups (broad SMARTS) is 1. The van der Waals surface area contributed by atoms with E-state index in [-0.39, 0.29) is 18.9 Å². The van der Waals surface area contributed by atoms with Crippen LogP contribution in [0.4, 0.5) is 0 Å². The van der Waals surface area contributed by atoms with E-state index in [0.29, 0.717) is 10.6 Å². The first kappa shape index (κ1) is 20.8. The summed E-state index contributed by atoms with van der Waals surface area (Å²) in [5.74, 6) is -1.89. The second-order valence-corrected chi connectivity index (χ2v) is 8.35. The molecule has 2 aromatic carbocycles. The third-order valence-electron chi connectivity index (χ3n) is 3.66. The number of alkyl halides is 3. The van der Waals surface area contributed by atoms with E-state index in [2.05, 4.69) is 5.32 Å². The summed E-state index contributed by atoms with van der Waals surface area (Å²) in [5.41, 5.74) is 1.88. The second-order valence-electron chi connectivity index (χ2n) is 5.55. The van der Waals surface area contributed by atoms with Crippen molar-refractivity contribution in [2.75, 3.05) is 6.54 Å². The number of hydrogen-bond acceptors (Lipinski definition) is 2. The first-order valence-electron chi connectivity index (χ1n) is 7.60. The number of aliphatic carboxylic acids is 1. The maximum Gasteiger partial charge on any atom is 0.305 e. The molecule has 8 heteroatoms. The Labute approximate surface area is 171 Å². The normalized spacial score (nSPS) is 12.5. The van der Waals surface area contributed by atoms with Crippen molar-refractivity contribution in [2.24, 2.45) is 0 Å². The lowest BCUT2D eigenvalue weighted by molar-refractivity contribution is -0.136. The number of benzene rings is 2. The second kappa shape index (κ2) is 8.96. The molecule has 2 aromatic rings. The number of halogens is 4. The molecule has 1 unspecified atom stereocenters. The van der Waals surface area contributed by atoms with Gasteiger partial charge in [-0.25, -0.2) is 0 Å². The van der Waals surface area contributed by atoms with Crippen LogP contribution >= 0.6 is 46.4 Å². The Hall–Kier alpha value is -1.46. The topological polar surface area (TPSA) is 66.4 Å². The van der Waals surface area contributed by atoms with Gasteiger partial charge in [0.05, 0.1) is 12.3 Å². The fraction of sp³-hybridized carbons (Fsp3) is 0.222. The highest BCUT2D eigenvalue weighted by Crippen LogP contribution is 2.45. The number of carbonyl (C=O) groups excluding carboxylic acids is 1. The fourth-order valence-corrected chi connectivity index (χ4v) is 3.32. The highest BCUT2D eigenvalue weighted by atomic mass is 35.6. The predicted molar refractivity (Wildman–Crippen MR) is 105 cm³/mol. The molecule has 0 saturated carbocycles. The number of nitrogens with one attached hydrogen (secondary N) is 1. The van der Waals surface area contributed by atoms with E-state index in [1.807, 2.05) is 0 Å². The van der Waals surface area contributed by atoms with Crippen LogP contribution in [0.5, 0.6) is 0 Å². The molecule has 2 N–H and O–H groups in total. The Morgan fingerprint density at radius 2 is 1.46 bits per heavy atom. The highest BCUT2D eigenvalue weighted by molar-refractivity contribution is 6.68. The van der Waals surface area contributed by atoms with E-state index in [1.54, 1.807) is 48.5 Å². The maximum absolute atomic E-state index is 12.0. The van der Waals surface area contributed by atoms with E-state index in [1.165, 1.54) is 0 Å². The minimum atomic E-state index is -1.60. The quantitative estimate of drug-likeness (QED) is 0.625. The molecule has 0 aliphatic heterocycles. The van der Waals surface area contributed by atoms with Gasteiger partial charge < -0.3 is 10.4 Å². The standard InChI is InChI=1S/C18H15Cl4NO3/c19-14-7-5-12(6-8-14)16(18(20,21)22)11-1-3-13(4-2-11)17(26)23-10-9-15(24)25/h1-8,16H,9-10H2,(H,23,26)(H,24,25). The van der Waals surface area contributed by atoms with Gasteiger partial charge in [0.2, 0.25) is 3.79 Å². The Kier molecular flexibility index (Phi) is 7.18. The monoisotopic (exact) mass is 433 g/mol. The number of hydrogen-bond donors (Lipinski definition) is 2. The molecule has 0 aliphatic carbocycles. The van der Waals surface area contributed by atoms with Crippen LogP contribution in [0.2, 0.25) is 5.02 Å². The van der Waals surface area contributed by atoms with Gasteiger partial charge in [-0.1, -0.05) is 70.7 Å². The smallest absolute Gasteiger partial charge is 0.305 e. The van der Waals surface area contributed by atoms with Crippen LogP contribution in [0.3, 0.4) is 0 Å². The molecule has 0 heterocycles. The molecular formula is C18H15Cl4NO3. The minimum absolute atomic E-state index is 0.0530. The summed E-state index contributed by atoms with van der Waals surface area (Å²) >= 11 is 24.4. The van der Waals surface area contributed by atoms with Crippen molar-refractivity contribution in [2.45, 2.75) is 16.1 Å². The van der Waals surface area contributed by atoms with Gasteiger partial charge in [-0.15, -0.1) is 0 Å². The van der Waals surface area contributed by atoms with Crippen LogP contribution in [0.15, 0.2) is 48.5 Å². The predicted octanol–water partition coefficient (Wildman–Crippen LogP) is 5.05. The first-order valence-corrected chi connectivity index (χ1v) is 9.12. The van der Waals surface area contributed by atoms with Gasteiger partial charge in [-0.3, -0.25) is 9.59 Å². The van der Waals surface area contributed by atoms with E-state index < -0.39 is 15.7 Å². The van der Waals surface area contributed by atoms with Gasteiger partial charge in [0.15, 0.2) is 0 Å². The van der Waals surface area contributed by atoms with E-state index >= 15 is 0 Å². The van der Waals surface area contributed by atoms with Crippen molar-refractivity contribution in [3.63, 3.8) is 0 Å². The first-order chi connectivity index (χ1) is 12.2. The summed E-state index contributed by atoms with van der Waals surface area (Å²) in [7, 11) is 0. The number of carbonyl (C=O) groups is 2. The third kappa shape index (κ3) is 5.78. The lowest BCUT2D eigenvalue weighted by Crippen LogP contribution is -2.26. The lowest BCUT2D eigenvalue weighted by atomic mass is 9.92. The van der Waals surface area contributed by atoms with Crippen LogP contribution in [-0.2, 0) is 4.79 Å². The molecule has 138 valence electrons. The molecule has 0 aromatic heterocycles. The van der Waals surface area contributed by atoms with Crippen molar-refractivity contribution in [1.29, 1.82) is 0 Å². The largest absolute Gasteiger partial charge is 0.481 e. The minimum Gasteiger partial charge on any atom is -0.481 e. The molecule has 1 amide bonds. The van der Waals surface area contributed by atoms with Gasteiger partial charge in [-0.05, 0) is 35.4 Å². The Balaban J connectivity index is 2.21. The van der Waals surface area contributed by atoms with Crippen molar-refractivity contribution < 1.29 is 14.7 Å². The zero-order chi connectivity index (χ0) is 19.3. The molecule has 4 nitrogen and oxygen atoms in total. The van der Waals surface area contributed by atoms with Crippen LogP contribution in [0, 0.1) is 0 Å². The molecule has 0 radical (unpaired) electrons. The van der Waals surface area contributed by atoms with Crippen molar-refractivity contribution in [1.82, 2.24) is 5.32 Å². The van der Waals surface area contributed by atoms with Crippen molar-refractivity contribution in [3.8, 4) is 0 Å². The molecule has 0 fully saturated rings. The Bertz CT molecular complexity index is 771. The van der Waals surface area contributed by atoms with Crippen molar-refractivity contribution >= 4 is 58.3 Å². The summed E-state index contributed by atoms with van der Waals surface area (Å²) in [4.78, 5) is 22.5. The van der Waals surface area contributed by atoms with E-state index in [9.17, 15) is 9.59 Å². The SMILES string of the molecule is O=C(O)CCNC(=O)c1ccc(C(c2ccc(Cl)cc2)C(Cl)(Cl)Cl)cc1. The molecule has 26 heavy (non-hydrogen) atoms. The van der Waals surface area contributed by atoms with Crippen LogP contribution < -0.4 is 5.32 Å². The number of rotatable bonds is 6. The molecule has 0 spiro atoms. The van der Waals surface area contributed by atoms with Gasteiger partial charge >= 0.3 is 5.97 Å². The van der Waals surface area contributed by atoms with Gasteiger partial charge in [0, 0.05) is 17.1 Å². The maximum atomic E-state index is 12.0. The number of carboxylic acids is 1. The average molecular weight is 435 g/mol. The van der Waals surface area contributed by atoms with Gasteiger partial charge in [0.25, 0.3) is 5.91 Å². The lowest BCUT2D eigenvalue weighted by Gasteiger charge is -2.25. The molecule has 0 bridgehead atoms. The highest BCUT2D eigenvalue weighted by Gasteiger charge is 2.35. The fourth-order valence-electron chi connectivity index (χ4n) is 2.44. The number of amides is 1. The average Bonchev–Trinajstić information content (AvgIpc) is 2.56. The Morgan fingerprint density at radius 1 is 0.962 bits per heavy atom. The van der Waals surface area contributed by atoms with Gasteiger partial charge in [0.1, 0.15) is 0 Å². The summed E-state index contributed by atoms with van der Waals surface area (Å²) in [5, 5.41) is 11.7. The van der Waals surface area contributed by atoms with Crippen LogP contribution in [-0.4, -0.2) is 27.3 Å². The van der Waals surface area contributed by atoms with E-state index in [0.717, 1.165) is 11.1 Å². The van der Waals surface area contributed by atoms with Gasteiger partial charge in [-0.2, -0.15) is 0 Å². The molecule has 1 atom stereocenters. The molecule has 0 aliphatic rings. The van der Waals surface area contributed by atoms with Crippen molar-refractivity contribution in [3.05, 3.63) is 70.2 Å². The van der Waals surface area contributed by atoms with Crippen LogP contribution in [0.25, 0.3) is 0 Å². The summed E-state index contributed by atoms with van der Waals surface area (Å²) in [6.07, 6.45) is -0.143. The zero-order valence-electron chi connectivity index (χ0n) is 13.4. The summed E-state index contributed by atoms with van der Waals surface area (Å²) in [6, 6.07) is 13.6. The van der Waals surface area contributed by atoms with E-state index in [4.69, 9.17) is 51.5 Å². The van der Waals surface area contributed by atoms with Crippen LogP contribution in [0.1, 0.15) is 33.8 Å². The molecule has 0 saturated heterocycles.